The number of hydrogen-bond donors (Lipinski definition) is 1. The highest BCUT2D eigenvalue weighted by Crippen LogP contribution is 2.28. The molecule has 7 nitrogen and oxygen atoms in total. The Morgan fingerprint density at radius 1 is 1.36 bits per heavy atom. The SMILES string of the molecule is COCc1nc2n(n1)CCCC2Nc1nc(CC(C)C)ns1. The van der Waals surface area contributed by atoms with Crippen molar-refractivity contribution < 1.29 is 4.74 Å². The summed E-state index contributed by atoms with van der Waals surface area (Å²) in [4.78, 5) is 9.17. The van der Waals surface area contributed by atoms with E-state index < -0.39 is 0 Å². The lowest BCUT2D eigenvalue weighted by molar-refractivity contribution is 0.177. The van der Waals surface area contributed by atoms with E-state index in [1.807, 2.05) is 4.68 Å². The molecule has 8 heteroatoms. The first-order chi connectivity index (χ1) is 10.7. The van der Waals surface area contributed by atoms with E-state index in [0.717, 1.165) is 48.4 Å². The monoisotopic (exact) mass is 322 g/mol. The van der Waals surface area contributed by atoms with E-state index in [-0.39, 0.29) is 6.04 Å². The van der Waals surface area contributed by atoms with Crippen LogP contribution < -0.4 is 5.32 Å². The van der Waals surface area contributed by atoms with Gasteiger partial charge in [0.25, 0.3) is 0 Å². The molecule has 1 atom stereocenters. The fraction of sp³-hybridized carbons (Fsp3) is 0.714. The molecule has 0 spiro atoms. The zero-order valence-electron chi connectivity index (χ0n) is 13.2. The topological polar surface area (TPSA) is 77.8 Å². The van der Waals surface area contributed by atoms with Crippen molar-refractivity contribution in [1.29, 1.82) is 0 Å². The first-order valence-electron chi connectivity index (χ1n) is 7.67. The minimum atomic E-state index is 0.145. The summed E-state index contributed by atoms with van der Waals surface area (Å²) in [6, 6.07) is 0.145. The number of aryl methyl sites for hydroxylation is 1. The zero-order valence-corrected chi connectivity index (χ0v) is 14.1. The molecule has 1 aliphatic heterocycles. The molecule has 22 heavy (non-hydrogen) atoms. The second-order valence-electron chi connectivity index (χ2n) is 6.00. The summed E-state index contributed by atoms with van der Waals surface area (Å²) in [6.07, 6.45) is 3.03. The Kier molecular flexibility index (Phi) is 4.68. The molecule has 120 valence electrons. The molecule has 0 radical (unpaired) electrons. The lowest BCUT2D eigenvalue weighted by atomic mass is 10.1. The lowest BCUT2D eigenvalue weighted by Crippen LogP contribution is -2.22. The minimum Gasteiger partial charge on any atom is -0.377 e. The van der Waals surface area contributed by atoms with Gasteiger partial charge in [0, 0.05) is 31.6 Å². The summed E-state index contributed by atoms with van der Waals surface area (Å²) in [5.74, 6) is 3.19. The van der Waals surface area contributed by atoms with Crippen LogP contribution >= 0.6 is 11.5 Å². The summed E-state index contributed by atoms with van der Waals surface area (Å²) in [6.45, 7) is 5.72. The van der Waals surface area contributed by atoms with Gasteiger partial charge < -0.3 is 10.1 Å². The van der Waals surface area contributed by atoms with Crippen LogP contribution in [0.3, 0.4) is 0 Å². The smallest absolute Gasteiger partial charge is 0.203 e. The fourth-order valence-corrected chi connectivity index (χ4v) is 3.28. The standard InChI is InChI=1S/C14H22N6OS/c1-9(2)7-11-17-14(22-19-11)15-10-5-4-6-20-13(10)16-12(18-20)8-21-3/h9-10H,4-8H2,1-3H3,(H,15,17,19). The number of hydrogen-bond acceptors (Lipinski definition) is 7. The summed E-state index contributed by atoms with van der Waals surface area (Å²) in [7, 11) is 1.66. The molecule has 2 aromatic rings. The second-order valence-corrected chi connectivity index (χ2v) is 6.75. The third-order valence-electron chi connectivity index (χ3n) is 3.55. The van der Waals surface area contributed by atoms with Gasteiger partial charge in [0.15, 0.2) is 5.82 Å². The number of nitrogens with zero attached hydrogens (tertiary/aromatic N) is 5. The van der Waals surface area contributed by atoms with Gasteiger partial charge in [0.1, 0.15) is 18.3 Å². The quantitative estimate of drug-likeness (QED) is 0.880. The molecule has 0 aliphatic carbocycles. The van der Waals surface area contributed by atoms with Crippen molar-refractivity contribution in [3.63, 3.8) is 0 Å². The van der Waals surface area contributed by atoms with Crippen LogP contribution in [0.2, 0.25) is 0 Å². The molecule has 2 aromatic heterocycles. The molecule has 3 rings (SSSR count). The normalized spacial score (nSPS) is 17.7. The highest BCUT2D eigenvalue weighted by molar-refractivity contribution is 7.09. The van der Waals surface area contributed by atoms with Gasteiger partial charge in [0.05, 0.1) is 6.04 Å². The van der Waals surface area contributed by atoms with Crippen LogP contribution in [0.4, 0.5) is 5.13 Å². The molecule has 0 aromatic carbocycles. The number of aromatic nitrogens is 5. The number of fused-ring (bicyclic) bond motifs is 1. The van der Waals surface area contributed by atoms with Crippen LogP contribution in [0, 0.1) is 5.92 Å². The van der Waals surface area contributed by atoms with E-state index in [1.165, 1.54) is 11.5 Å². The predicted octanol–water partition coefficient (Wildman–Crippen LogP) is 2.42. The number of methoxy groups -OCH3 is 1. The Balaban J connectivity index is 1.72. The zero-order chi connectivity index (χ0) is 15.5. The van der Waals surface area contributed by atoms with Crippen LogP contribution in [0.1, 0.15) is 50.2 Å². The predicted molar refractivity (Wildman–Crippen MR) is 84.8 cm³/mol. The Bertz CT molecular complexity index is 623. The van der Waals surface area contributed by atoms with E-state index >= 15 is 0 Å². The molecule has 3 heterocycles. The van der Waals surface area contributed by atoms with Crippen LogP contribution in [0.25, 0.3) is 0 Å². The van der Waals surface area contributed by atoms with Crippen LogP contribution in [0.5, 0.6) is 0 Å². The Labute approximate surface area is 134 Å². The van der Waals surface area contributed by atoms with Crippen LogP contribution in [0.15, 0.2) is 0 Å². The third kappa shape index (κ3) is 3.44. The molecular formula is C14H22N6OS. The molecule has 1 aliphatic rings. The van der Waals surface area contributed by atoms with Gasteiger partial charge >= 0.3 is 0 Å². The van der Waals surface area contributed by atoms with Gasteiger partial charge in [0.2, 0.25) is 5.13 Å². The van der Waals surface area contributed by atoms with Crippen LogP contribution in [-0.4, -0.2) is 31.2 Å². The number of rotatable bonds is 6. The fourth-order valence-electron chi connectivity index (χ4n) is 2.64. The largest absolute Gasteiger partial charge is 0.377 e. The minimum absolute atomic E-state index is 0.145. The summed E-state index contributed by atoms with van der Waals surface area (Å²) in [5, 5.41) is 8.82. The van der Waals surface area contributed by atoms with Crippen molar-refractivity contribution in [3.8, 4) is 0 Å². The van der Waals surface area contributed by atoms with Gasteiger partial charge in [-0.15, -0.1) is 0 Å². The molecule has 1 N–H and O–H groups in total. The molecule has 0 amide bonds. The molecule has 0 saturated heterocycles. The number of ether oxygens (including phenoxy) is 1. The Morgan fingerprint density at radius 3 is 3.00 bits per heavy atom. The maximum atomic E-state index is 5.12. The van der Waals surface area contributed by atoms with Crippen molar-refractivity contribution in [1.82, 2.24) is 24.1 Å². The van der Waals surface area contributed by atoms with Gasteiger partial charge in [-0.1, -0.05) is 13.8 Å². The van der Waals surface area contributed by atoms with Crippen molar-refractivity contribution in [2.24, 2.45) is 5.92 Å². The van der Waals surface area contributed by atoms with E-state index in [0.29, 0.717) is 12.5 Å². The van der Waals surface area contributed by atoms with Crippen molar-refractivity contribution in [2.75, 3.05) is 12.4 Å². The molecule has 1 unspecified atom stereocenters. The average molecular weight is 322 g/mol. The number of anilines is 1. The summed E-state index contributed by atoms with van der Waals surface area (Å²) < 4.78 is 11.5. The summed E-state index contributed by atoms with van der Waals surface area (Å²) >= 11 is 1.42. The summed E-state index contributed by atoms with van der Waals surface area (Å²) in [5.41, 5.74) is 0. The van der Waals surface area contributed by atoms with Gasteiger partial charge in [-0.2, -0.15) is 9.47 Å². The first-order valence-corrected chi connectivity index (χ1v) is 8.44. The first kappa shape index (κ1) is 15.4. The highest BCUT2D eigenvalue weighted by Gasteiger charge is 2.25. The second kappa shape index (κ2) is 6.70. The van der Waals surface area contributed by atoms with Crippen molar-refractivity contribution in [2.45, 2.75) is 52.3 Å². The Morgan fingerprint density at radius 2 is 2.23 bits per heavy atom. The maximum absolute atomic E-state index is 5.12. The molecule has 0 saturated carbocycles. The van der Waals surface area contributed by atoms with E-state index in [9.17, 15) is 0 Å². The van der Waals surface area contributed by atoms with Crippen molar-refractivity contribution in [3.05, 3.63) is 17.5 Å². The molecular weight excluding hydrogens is 300 g/mol. The Hall–Kier alpha value is -1.54. The van der Waals surface area contributed by atoms with E-state index in [2.05, 4.69) is 38.6 Å². The maximum Gasteiger partial charge on any atom is 0.203 e. The van der Waals surface area contributed by atoms with Gasteiger partial charge in [-0.3, -0.25) is 0 Å². The van der Waals surface area contributed by atoms with E-state index in [1.54, 1.807) is 7.11 Å². The van der Waals surface area contributed by atoms with E-state index in [4.69, 9.17) is 4.74 Å². The highest BCUT2D eigenvalue weighted by atomic mass is 32.1. The molecule has 0 fully saturated rings. The third-order valence-corrected chi connectivity index (χ3v) is 4.23. The van der Waals surface area contributed by atoms with Crippen LogP contribution in [-0.2, 0) is 24.3 Å². The van der Waals surface area contributed by atoms with Crippen molar-refractivity contribution >= 4 is 16.7 Å². The lowest BCUT2D eigenvalue weighted by Gasteiger charge is -2.22. The number of nitrogens with one attached hydrogen (secondary N) is 1. The van der Waals surface area contributed by atoms with Gasteiger partial charge in [-0.25, -0.2) is 14.6 Å². The average Bonchev–Trinajstić information content (AvgIpc) is 3.06. The molecule has 0 bridgehead atoms. The van der Waals surface area contributed by atoms with Gasteiger partial charge in [-0.05, 0) is 18.8 Å².